The molecule has 8 nitrogen and oxygen atoms in total. The van der Waals surface area contributed by atoms with Crippen LogP contribution in [-0.2, 0) is 14.8 Å². The minimum Gasteiger partial charge on any atom is -0.455 e. The summed E-state index contributed by atoms with van der Waals surface area (Å²) in [5.41, 5.74) is 0.823. The zero-order valence-electron chi connectivity index (χ0n) is 19.7. The van der Waals surface area contributed by atoms with Crippen molar-refractivity contribution in [3.63, 3.8) is 0 Å². The van der Waals surface area contributed by atoms with E-state index >= 15 is 0 Å². The fourth-order valence-corrected chi connectivity index (χ4v) is 4.19. The zero-order valence-corrected chi connectivity index (χ0v) is 20.5. The number of unbranched alkanes of at least 4 members (excludes halogenated alkanes) is 1. The molecule has 0 aromatic heterocycles. The Kier molecular flexibility index (Phi) is 8.86. The largest absolute Gasteiger partial charge is 0.455 e. The highest BCUT2D eigenvalue weighted by atomic mass is 32.2. The van der Waals surface area contributed by atoms with E-state index in [0.717, 1.165) is 23.4 Å². The van der Waals surface area contributed by atoms with Gasteiger partial charge in [0.15, 0.2) is 5.75 Å². The van der Waals surface area contributed by atoms with Crippen molar-refractivity contribution in [1.29, 1.82) is 0 Å². The summed E-state index contributed by atoms with van der Waals surface area (Å²) in [5.74, 6) is -0.0943. The van der Waals surface area contributed by atoms with E-state index in [1.807, 2.05) is 13.0 Å². The highest BCUT2D eigenvalue weighted by molar-refractivity contribution is 7.92. The topological polar surface area (TPSA) is 105 Å². The summed E-state index contributed by atoms with van der Waals surface area (Å²) in [6, 6.07) is 22.1. The normalized spacial score (nSPS) is 10.9. The summed E-state index contributed by atoms with van der Waals surface area (Å²) in [6.07, 6.45) is 2.80. The van der Waals surface area contributed by atoms with Crippen LogP contribution in [-0.4, -0.2) is 39.6 Å². The van der Waals surface area contributed by atoms with Crippen LogP contribution < -0.4 is 19.7 Å². The molecule has 3 aromatic rings. The molecule has 2 amide bonds. The van der Waals surface area contributed by atoms with Crippen molar-refractivity contribution < 1.29 is 22.7 Å². The van der Waals surface area contributed by atoms with Crippen LogP contribution in [0.1, 0.15) is 30.1 Å². The van der Waals surface area contributed by atoms with E-state index in [9.17, 15) is 18.0 Å². The number of nitrogens with zero attached hydrogens (tertiary/aromatic N) is 1. The maximum atomic E-state index is 13.0. The lowest BCUT2D eigenvalue weighted by Crippen LogP contribution is -2.38. The third-order valence-electron chi connectivity index (χ3n) is 5.05. The molecule has 0 bridgehead atoms. The molecule has 0 atom stereocenters. The van der Waals surface area contributed by atoms with Gasteiger partial charge in [-0.2, -0.15) is 0 Å². The molecule has 0 fully saturated rings. The molecule has 0 aliphatic rings. The van der Waals surface area contributed by atoms with Crippen LogP contribution >= 0.6 is 0 Å². The number of para-hydroxylation sites is 4. The van der Waals surface area contributed by atoms with Crippen LogP contribution in [0.3, 0.4) is 0 Å². The van der Waals surface area contributed by atoms with Crippen molar-refractivity contribution in [2.45, 2.75) is 19.8 Å². The first-order valence-electron chi connectivity index (χ1n) is 11.3. The van der Waals surface area contributed by atoms with Gasteiger partial charge in [0, 0.05) is 6.54 Å². The molecule has 0 saturated heterocycles. The number of carbonyl (C=O) groups excluding carboxylic acids is 2. The number of rotatable bonds is 11. The first kappa shape index (κ1) is 25.8. The van der Waals surface area contributed by atoms with Crippen LogP contribution in [0.15, 0.2) is 78.9 Å². The van der Waals surface area contributed by atoms with Gasteiger partial charge in [0.2, 0.25) is 15.9 Å². The molecule has 9 heteroatoms. The number of anilines is 2. The number of ether oxygens (including phenoxy) is 1. The van der Waals surface area contributed by atoms with Crippen molar-refractivity contribution in [1.82, 2.24) is 5.32 Å². The molecular formula is C26H29N3O5S. The lowest BCUT2D eigenvalue weighted by atomic mass is 10.1. The Hall–Kier alpha value is -3.85. The van der Waals surface area contributed by atoms with Gasteiger partial charge in [0.05, 0.1) is 23.2 Å². The van der Waals surface area contributed by atoms with Crippen molar-refractivity contribution in [3.05, 3.63) is 84.4 Å². The Morgan fingerprint density at radius 3 is 2.29 bits per heavy atom. The van der Waals surface area contributed by atoms with Crippen molar-refractivity contribution in [3.8, 4) is 11.5 Å². The Labute approximate surface area is 206 Å². The molecule has 184 valence electrons. The van der Waals surface area contributed by atoms with Crippen LogP contribution in [0.2, 0.25) is 0 Å². The van der Waals surface area contributed by atoms with Gasteiger partial charge in [0.25, 0.3) is 5.91 Å². The molecule has 0 spiro atoms. The number of sulfonamides is 1. The van der Waals surface area contributed by atoms with Gasteiger partial charge in [-0.15, -0.1) is 0 Å². The van der Waals surface area contributed by atoms with Crippen LogP contribution in [0.25, 0.3) is 0 Å². The molecule has 0 heterocycles. The van der Waals surface area contributed by atoms with Crippen molar-refractivity contribution in [2.24, 2.45) is 0 Å². The van der Waals surface area contributed by atoms with Crippen molar-refractivity contribution >= 4 is 33.2 Å². The van der Waals surface area contributed by atoms with Gasteiger partial charge in [-0.1, -0.05) is 55.8 Å². The summed E-state index contributed by atoms with van der Waals surface area (Å²) in [6.45, 7) is 2.05. The van der Waals surface area contributed by atoms with Gasteiger partial charge in [0.1, 0.15) is 12.3 Å². The van der Waals surface area contributed by atoms with E-state index in [1.165, 1.54) is 0 Å². The first-order valence-corrected chi connectivity index (χ1v) is 13.1. The fraction of sp³-hybridized carbons (Fsp3) is 0.231. The van der Waals surface area contributed by atoms with Crippen LogP contribution in [0, 0.1) is 0 Å². The highest BCUT2D eigenvalue weighted by Gasteiger charge is 2.25. The number of hydrogen-bond donors (Lipinski definition) is 2. The molecule has 3 aromatic carbocycles. The summed E-state index contributed by atoms with van der Waals surface area (Å²) in [4.78, 5) is 25.5. The first-order chi connectivity index (χ1) is 16.8. The average molecular weight is 496 g/mol. The minimum absolute atomic E-state index is 0.222. The van der Waals surface area contributed by atoms with E-state index in [0.29, 0.717) is 23.5 Å². The third kappa shape index (κ3) is 7.31. The molecule has 0 unspecified atom stereocenters. The zero-order chi connectivity index (χ0) is 25.3. The lowest BCUT2D eigenvalue weighted by Gasteiger charge is -2.24. The van der Waals surface area contributed by atoms with E-state index in [2.05, 4.69) is 10.6 Å². The van der Waals surface area contributed by atoms with Crippen molar-refractivity contribution in [2.75, 3.05) is 29.0 Å². The summed E-state index contributed by atoms with van der Waals surface area (Å²) in [7, 11) is -3.85. The Morgan fingerprint density at radius 2 is 1.57 bits per heavy atom. The Bertz CT molecular complexity index is 1260. The van der Waals surface area contributed by atoms with Gasteiger partial charge in [-0.3, -0.25) is 13.9 Å². The molecule has 0 radical (unpaired) electrons. The molecule has 0 aliphatic heterocycles. The molecular weight excluding hydrogens is 466 g/mol. The van der Waals surface area contributed by atoms with E-state index in [-0.39, 0.29) is 17.3 Å². The number of carbonyl (C=O) groups is 2. The number of amides is 2. The lowest BCUT2D eigenvalue weighted by molar-refractivity contribution is -0.114. The van der Waals surface area contributed by atoms with E-state index in [1.54, 1.807) is 72.8 Å². The second-order valence-corrected chi connectivity index (χ2v) is 9.76. The third-order valence-corrected chi connectivity index (χ3v) is 6.18. The standard InChI is InChI=1S/C26H29N3O5S/c1-3-4-18-27-26(31)21-14-8-9-15-22(21)28-25(30)19-29(35(2,32)33)23-16-10-11-17-24(23)34-20-12-6-5-7-13-20/h5-17H,3-4,18-19H2,1-2H3,(H,27,31)(H,28,30). The fourth-order valence-electron chi connectivity index (χ4n) is 3.33. The van der Waals surface area contributed by atoms with Crippen LogP contribution in [0.4, 0.5) is 11.4 Å². The van der Waals surface area contributed by atoms with Gasteiger partial charge in [-0.25, -0.2) is 8.42 Å². The van der Waals surface area contributed by atoms with E-state index in [4.69, 9.17) is 4.74 Å². The molecule has 35 heavy (non-hydrogen) atoms. The maximum Gasteiger partial charge on any atom is 0.253 e. The monoisotopic (exact) mass is 495 g/mol. The SMILES string of the molecule is CCCCNC(=O)c1ccccc1NC(=O)CN(c1ccccc1Oc1ccccc1)S(C)(=O)=O. The summed E-state index contributed by atoms with van der Waals surface area (Å²) >= 11 is 0. The smallest absolute Gasteiger partial charge is 0.253 e. The average Bonchev–Trinajstić information content (AvgIpc) is 2.83. The second-order valence-electron chi connectivity index (χ2n) is 7.86. The van der Waals surface area contributed by atoms with E-state index < -0.39 is 22.5 Å². The molecule has 0 saturated carbocycles. The Balaban J connectivity index is 1.82. The maximum absolute atomic E-state index is 13.0. The minimum atomic E-state index is -3.85. The van der Waals surface area contributed by atoms with Gasteiger partial charge < -0.3 is 15.4 Å². The highest BCUT2D eigenvalue weighted by Crippen LogP contribution is 2.33. The quantitative estimate of drug-likeness (QED) is 0.383. The van der Waals surface area contributed by atoms with Gasteiger partial charge >= 0.3 is 0 Å². The molecule has 0 aliphatic carbocycles. The summed E-state index contributed by atoms with van der Waals surface area (Å²) in [5, 5.41) is 5.50. The predicted molar refractivity (Wildman–Crippen MR) is 137 cm³/mol. The predicted octanol–water partition coefficient (Wildman–Crippen LogP) is 4.41. The van der Waals surface area contributed by atoms with Gasteiger partial charge in [-0.05, 0) is 42.8 Å². The number of hydrogen-bond acceptors (Lipinski definition) is 5. The molecule has 3 rings (SSSR count). The Morgan fingerprint density at radius 1 is 0.914 bits per heavy atom. The number of benzene rings is 3. The summed E-state index contributed by atoms with van der Waals surface area (Å²) < 4.78 is 32.2. The van der Waals surface area contributed by atoms with Crippen LogP contribution in [0.5, 0.6) is 11.5 Å². The molecule has 2 N–H and O–H groups in total. The second kappa shape index (κ2) is 12.0. The number of nitrogens with one attached hydrogen (secondary N) is 2.